The van der Waals surface area contributed by atoms with Gasteiger partial charge in [0.05, 0.1) is 72.8 Å². The van der Waals surface area contributed by atoms with Crippen LogP contribution in [0.4, 0.5) is 0 Å². The third-order valence-electron chi connectivity index (χ3n) is 12.8. The fraction of sp³-hybridized carbons (Fsp3) is 0.778. The van der Waals surface area contributed by atoms with Gasteiger partial charge in [-0.2, -0.15) is 63.1 Å². The fourth-order valence-electron chi connectivity index (χ4n) is 9.13. The lowest BCUT2D eigenvalue weighted by molar-refractivity contribution is 0.128. The van der Waals surface area contributed by atoms with Gasteiger partial charge >= 0.3 is 0 Å². The van der Waals surface area contributed by atoms with Crippen LogP contribution in [0.3, 0.4) is 0 Å². The van der Waals surface area contributed by atoms with E-state index in [-0.39, 0.29) is 17.8 Å². The molecular weight excluding hydrogens is 915 g/mol. The summed E-state index contributed by atoms with van der Waals surface area (Å²) in [6.07, 6.45) is 8.36. The van der Waals surface area contributed by atoms with Gasteiger partial charge in [0.15, 0.2) is 0 Å². The molecule has 0 saturated heterocycles. The minimum Gasteiger partial charge on any atom is -0.303 e. The van der Waals surface area contributed by atoms with Gasteiger partial charge < -0.3 is 34.3 Å². The predicted octanol–water partition coefficient (Wildman–Crippen LogP) is 6.25. The van der Waals surface area contributed by atoms with Crippen LogP contribution in [0.15, 0.2) is 0 Å². The molecule has 0 radical (unpaired) electrons. The van der Waals surface area contributed by atoms with E-state index >= 15 is 0 Å². The number of rotatable bonds is 48. The SMILES string of the molecule is N#CCCCN(CCC#N)CC(CCN(CCC(CN(CCC#N)CCC#N)CN(CCC#N)CCCC#N)CCC(CN(CCC#N)CCC#N)CN(CCC#N)CCCC#N)CN(CCC#N)CCC#N. The highest BCUT2D eigenvalue weighted by atomic mass is 15.2. The summed E-state index contributed by atoms with van der Waals surface area (Å²) < 4.78 is 0. The maximum absolute atomic E-state index is 9.60. The van der Waals surface area contributed by atoms with Crippen LogP contribution in [-0.2, 0) is 0 Å². The highest BCUT2D eigenvalue weighted by Gasteiger charge is 2.25. The van der Waals surface area contributed by atoms with Gasteiger partial charge in [-0.25, -0.2) is 0 Å². The predicted molar refractivity (Wildman–Crippen MR) is 276 cm³/mol. The van der Waals surface area contributed by atoms with Crippen LogP contribution in [0.25, 0.3) is 0 Å². The largest absolute Gasteiger partial charge is 0.303 e. The Morgan fingerprint density at radius 1 is 0.192 bits per heavy atom. The number of hydrogen-bond acceptors (Lipinski definition) is 19. The van der Waals surface area contributed by atoms with Crippen LogP contribution in [0, 0.1) is 154 Å². The maximum Gasteiger partial charge on any atom is 0.0635 e. The first-order chi connectivity index (χ1) is 35.7. The second kappa shape index (κ2) is 49.2. The van der Waals surface area contributed by atoms with Gasteiger partial charge in [-0.05, 0) is 95.5 Å². The molecule has 0 aromatic heterocycles. The summed E-state index contributed by atoms with van der Waals surface area (Å²) in [6.45, 7) is 12.7. The average Bonchev–Trinajstić information content (AvgIpc) is 3.40. The van der Waals surface area contributed by atoms with Gasteiger partial charge in [0, 0.05) is 175 Å². The number of hydrogen-bond donors (Lipinski definition) is 0. The summed E-state index contributed by atoms with van der Waals surface area (Å²) in [5, 5.41) is 114. The standard InChI is InChI=1S/C54H81N19/c55-19-1-4-31-68(34-7-22-58)46-52(49-71(37-10-25-61)38-11-26-62)16-43-67(44-17-53(50-72(39-12-27-63)40-13-28-64)47-69(35-8-23-59)32-5-2-20-56)45-18-54(51-73(41-14-29-65)42-15-30-66)48-70(36-9-24-60)33-6-3-21-57/h52-54H,1-18,31-51H2. The Labute approximate surface area is 439 Å². The third-order valence-corrected chi connectivity index (χ3v) is 12.8. The minimum atomic E-state index is 0.0791. The van der Waals surface area contributed by atoms with Crippen molar-refractivity contribution in [2.75, 3.05) is 137 Å². The van der Waals surface area contributed by atoms with Gasteiger partial charge in [0.1, 0.15) is 0 Å². The van der Waals surface area contributed by atoms with E-state index in [0.717, 1.165) is 19.3 Å². The van der Waals surface area contributed by atoms with Crippen LogP contribution in [0.1, 0.15) is 116 Å². The van der Waals surface area contributed by atoms with Gasteiger partial charge in [0.25, 0.3) is 0 Å². The van der Waals surface area contributed by atoms with Crippen molar-refractivity contribution in [1.82, 2.24) is 34.3 Å². The minimum absolute atomic E-state index is 0.0791. The molecule has 0 aliphatic heterocycles. The third kappa shape index (κ3) is 38.0. The lowest BCUT2D eigenvalue weighted by Gasteiger charge is -2.35. The average molecular weight is 996 g/mol. The molecule has 0 aliphatic rings. The first-order valence-corrected chi connectivity index (χ1v) is 26.2. The Kier molecular flexibility index (Phi) is 44.9. The molecule has 0 spiro atoms. The van der Waals surface area contributed by atoms with Crippen molar-refractivity contribution in [3.05, 3.63) is 0 Å². The number of unbranched alkanes of at least 4 members (excludes halogenated alkanes) is 3. The second-order valence-corrected chi connectivity index (χ2v) is 18.6. The smallest absolute Gasteiger partial charge is 0.0635 e. The van der Waals surface area contributed by atoms with Crippen LogP contribution in [0.5, 0.6) is 0 Å². The van der Waals surface area contributed by atoms with Crippen molar-refractivity contribution >= 4 is 0 Å². The van der Waals surface area contributed by atoms with Crippen LogP contribution in [0.2, 0.25) is 0 Å². The highest BCUT2D eigenvalue weighted by molar-refractivity contribution is 4.86. The van der Waals surface area contributed by atoms with Gasteiger partial charge in [-0.3, -0.25) is 0 Å². The molecule has 0 bridgehead atoms. The van der Waals surface area contributed by atoms with Gasteiger partial charge in [-0.15, -0.1) is 0 Å². The zero-order chi connectivity index (χ0) is 53.8. The van der Waals surface area contributed by atoms with Crippen LogP contribution < -0.4 is 0 Å². The van der Waals surface area contributed by atoms with Crippen molar-refractivity contribution in [2.24, 2.45) is 17.8 Å². The van der Waals surface area contributed by atoms with E-state index in [0.29, 0.717) is 234 Å². The highest BCUT2D eigenvalue weighted by Crippen LogP contribution is 2.19. The lowest BCUT2D eigenvalue weighted by atomic mass is 9.99. The van der Waals surface area contributed by atoms with Crippen molar-refractivity contribution in [3.8, 4) is 72.8 Å². The molecule has 3 atom stereocenters. The van der Waals surface area contributed by atoms with E-state index in [2.05, 4.69) is 107 Å². The Bertz CT molecular complexity index is 1680. The van der Waals surface area contributed by atoms with Gasteiger partial charge in [0.2, 0.25) is 0 Å². The Hall–Kier alpha value is -6.40. The zero-order valence-electron chi connectivity index (χ0n) is 43.8. The molecule has 0 heterocycles. The second-order valence-electron chi connectivity index (χ2n) is 18.6. The molecule has 0 rings (SSSR count). The summed E-state index contributed by atoms with van der Waals surface area (Å²) >= 11 is 0. The molecule has 0 fully saturated rings. The molecule has 392 valence electrons. The van der Waals surface area contributed by atoms with E-state index in [1.807, 2.05) is 0 Å². The first kappa shape index (κ1) is 66.6. The summed E-state index contributed by atoms with van der Waals surface area (Å²) in [5.74, 6) is 0.237. The molecule has 3 unspecified atom stereocenters. The van der Waals surface area contributed by atoms with Crippen LogP contribution in [-0.4, -0.2) is 172 Å². The normalized spacial score (nSPS) is 12.0. The Balaban J connectivity index is 7.56. The molecule has 0 amide bonds. The van der Waals surface area contributed by atoms with E-state index in [9.17, 15) is 63.1 Å². The quantitative estimate of drug-likeness (QED) is 0.0608. The topological polar surface area (TPSA) is 308 Å². The molecule has 0 aromatic carbocycles. The zero-order valence-corrected chi connectivity index (χ0v) is 43.8. The molecule has 0 aromatic rings. The maximum atomic E-state index is 9.60. The molecular formula is C54H81N19. The lowest BCUT2D eigenvalue weighted by Crippen LogP contribution is -2.43. The van der Waals surface area contributed by atoms with E-state index in [1.165, 1.54) is 0 Å². The van der Waals surface area contributed by atoms with Crippen molar-refractivity contribution < 1.29 is 0 Å². The molecule has 73 heavy (non-hydrogen) atoms. The monoisotopic (exact) mass is 996 g/mol. The molecule has 0 aliphatic carbocycles. The van der Waals surface area contributed by atoms with Crippen molar-refractivity contribution in [1.29, 1.82) is 63.1 Å². The summed E-state index contributed by atoms with van der Waals surface area (Å²) in [7, 11) is 0. The van der Waals surface area contributed by atoms with Crippen molar-refractivity contribution in [2.45, 2.75) is 116 Å². The molecule has 19 nitrogen and oxygen atoms in total. The van der Waals surface area contributed by atoms with E-state index in [4.69, 9.17) is 0 Å². The number of nitriles is 12. The van der Waals surface area contributed by atoms with Crippen molar-refractivity contribution in [3.63, 3.8) is 0 Å². The number of nitrogens with zero attached hydrogens (tertiary/aromatic N) is 19. The van der Waals surface area contributed by atoms with Crippen LogP contribution >= 0.6 is 0 Å². The first-order valence-electron chi connectivity index (χ1n) is 26.2. The Morgan fingerprint density at radius 3 is 0.521 bits per heavy atom. The fourth-order valence-corrected chi connectivity index (χ4v) is 9.13. The summed E-state index contributed by atoms with van der Waals surface area (Å²) in [5.41, 5.74) is 0. The molecule has 0 N–H and O–H groups in total. The van der Waals surface area contributed by atoms with E-state index in [1.54, 1.807) is 0 Å². The molecule has 0 saturated carbocycles. The van der Waals surface area contributed by atoms with Gasteiger partial charge in [-0.1, -0.05) is 0 Å². The summed E-state index contributed by atoms with van der Waals surface area (Å²) in [6, 6.07) is 27.1. The van der Waals surface area contributed by atoms with E-state index < -0.39 is 0 Å². The molecule has 19 heteroatoms. The summed E-state index contributed by atoms with van der Waals surface area (Å²) in [4.78, 5) is 15.8. The Morgan fingerprint density at radius 2 is 0.356 bits per heavy atom.